The number of aromatic nitrogens is 8. The number of nitrogens with two attached hydrogens (primary N) is 5. The normalized spacial score (nSPS) is 18.5. The Balaban J connectivity index is -0.000000757. The second kappa shape index (κ2) is 50.7. The minimum atomic E-state index is -0.491. The molecule has 5 heterocycles. The lowest BCUT2D eigenvalue weighted by Gasteiger charge is -2.15. The number of aliphatic hydroxyl groups is 5. The van der Waals surface area contributed by atoms with E-state index in [-0.39, 0.29) is 61.9 Å². The van der Waals surface area contributed by atoms with Gasteiger partial charge in [-0.3, -0.25) is 14.4 Å². The molecule has 6 atom stereocenters. The molecule has 3 fully saturated rings. The molecule has 0 aromatic carbocycles. The zero-order valence-corrected chi connectivity index (χ0v) is 46.3. The molecule has 26 nitrogen and oxygen atoms in total. The van der Waals surface area contributed by atoms with Crippen molar-refractivity contribution in [1.82, 2.24) is 55.5 Å². The number of rotatable bonds is 10. The van der Waals surface area contributed by atoms with Crippen LogP contribution < -0.4 is 34.0 Å². The predicted molar refractivity (Wildman–Crippen MR) is 286 cm³/mol. The van der Waals surface area contributed by atoms with Crippen LogP contribution in [0.25, 0.3) is 0 Å². The number of thiazole rings is 1. The Labute approximate surface area is 443 Å². The highest BCUT2D eigenvalue weighted by atomic mass is 32.1. The molecule has 27 heteroatoms. The van der Waals surface area contributed by atoms with Crippen LogP contribution in [0.4, 0.5) is 0 Å². The van der Waals surface area contributed by atoms with Crippen molar-refractivity contribution in [1.29, 1.82) is 0 Å². The molecule has 430 valence electrons. The molecule has 2 aliphatic heterocycles. The lowest BCUT2D eigenvalue weighted by atomic mass is 9.98. The Morgan fingerprint density at radius 3 is 1.80 bits per heavy atom. The lowest BCUT2D eigenvalue weighted by molar-refractivity contribution is -0.144. The summed E-state index contributed by atoms with van der Waals surface area (Å²) in [5.74, 6) is -0.183. The lowest BCUT2D eigenvalue weighted by Crippen LogP contribution is -2.37. The van der Waals surface area contributed by atoms with Gasteiger partial charge in [0.05, 0.1) is 50.2 Å². The van der Waals surface area contributed by atoms with Crippen molar-refractivity contribution < 1.29 is 49.4 Å². The van der Waals surface area contributed by atoms with E-state index in [1.807, 2.05) is 17.5 Å². The van der Waals surface area contributed by atoms with Crippen LogP contribution in [0.1, 0.15) is 116 Å². The van der Waals surface area contributed by atoms with E-state index in [0.717, 1.165) is 56.7 Å². The number of nitrogens with one attached hydrogen (secondary N) is 2. The number of hydrogen-bond donors (Lipinski definition) is 12. The van der Waals surface area contributed by atoms with Gasteiger partial charge in [0.2, 0.25) is 11.8 Å². The number of ether oxygens (including phenoxy) is 2. The molecule has 3 aromatic rings. The molecule has 0 bridgehead atoms. The van der Waals surface area contributed by atoms with E-state index in [9.17, 15) is 14.4 Å². The predicted octanol–water partition coefficient (Wildman–Crippen LogP) is -0.442. The van der Waals surface area contributed by atoms with Gasteiger partial charge in [-0.05, 0) is 99.1 Å². The Bertz CT molecular complexity index is 1640. The van der Waals surface area contributed by atoms with Crippen LogP contribution >= 0.6 is 11.3 Å². The molecule has 2 aliphatic carbocycles. The quantitative estimate of drug-likeness (QED) is 0.0904. The van der Waals surface area contributed by atoms with Gasteiger partial charge in [-0.1, -0.05) is 36.6 Å². The topological polar surface area (TPSA) is 417 Å². The Morgan fingerprint density at radius 2 is 1.57 bits per heavy atom. The van der Waals surface area contributed by atoms with Crippen LogP contribution in [0.15, 0.2) is 36.4 Å². The van der Waals surface area contributed by atoms with E-state index in [1.165, 1.54) is 61.3 Å². The molecule has 6 unspecified atom stereocenters. The molecule has 7 rings (SSSR count). The van der Waals surface area contributed by atoms with Crippen LogP contribution in [0, 0.1) is 0 Å². The number of H-pyrrole nitrogens is 1. The molecule has 4 aliphatic rings. The molecule has 0 spiro atoms. The summed E-state index contributed by atoms with van der Waals surface area (Å²) in [5.41, 5.74) is 26.3. The standard InChI is InChI=1S/C6H14N2.C6H12O.C6H10O.C5H12N2O.C5H11NO2.C5H11NO.C4H7N3O.C4H10N2O.C4H5NOS.C2H4N4O/c1-8-4-2-3-6(8)5-7;2*7-6-4-2-1-3-5-6;1-4(6)5(8)7(2)3;1-3-8-5(7)4(2)6;6-4-5-2-1-3-7-5;8-2-1-7-3-5-6-4-7;1-3(5)4(7)6-2;6-3-4-5-1-2-7-4;7-1-2-3-5-6-4-2/h6H,2-5,7H2,1H3;6-7H,1-5H2;2,4,6-7H,1,3,5H2;4H,6H2,1-3H3;4H,3,6H2,1-2H3;5H,1-4,6H2;3-4,8H,1-2H2;3H,5H2,1-2H3,(H,6,7);1-2,6H,3H2;7H,1H2,(H,3,4,5,6). The van der Waals surface area contributed by atoms with Crippen molar-refractivity contribution in [3.8, 4) is 0 Å². The number of likely N-dealkylation sites (tertiary alicyclic amines) is 1. The molecule has 3 aromatic heterocycles. The first-order valence-electron chi connectivity index (χ1n) is 25.1. The van der Waals surface area contributed by atoms with E-state index < -0.39 is 6.04 Å². The smallest absolute Gasteiger partial charge is 0.322 e. The number of aromatic amines is 1. The number of esters is 1. The number of tetrazole rings is 1. The monoisotopic (exact) mass is 1080 g/mol. The average Bonchev–Trinajstić information content (AvgIpc) is 4.28. The number of aliphatic hydroxyl groups excluding tert-OH is 5. The Hall–Kier alpha value is -4.49. The number of likely N-dealkylation sites (N-methyl/N-ethyl adjacent to an activating group) is 3. The second-order valence-corrected chi connectivity index (χ2v) is 18.0. The Kier molecular flexibility index (Phi) is 50.5. The van der Waals surface area contributed by atoms with E-state index >= 15 is 0 Å². The van der Waals surface area contributed by atoms with Gasteiger partial charge >= 0.3 is 5.97 Å². The van der Waals surface area contributed by atoms with Crippen LogP contribution in [0.3, 0.4) is 0 Å². The summed E-state index contributed by atoms with van der Waals surface area (Å²) < 4.78 is 11.4. The van der Waals surface area contributed by atoms with Crippen LogP contribution in [-0.4, -0.2) is 204 Å². The van der Waals surface area contributed by atoms with E-state index in [4.69, 9.17) is 58.9 Å². The summed E-state index contributed by atoms with van der Waals surface area (Å²) in [4.78, 5) is 38.9. The average molecular weight is 1080 g/mol. The third kappa shape index (κ3) is 44.9. The number of allylic oxidation sites excluding steroid dienone is 1. The summed E-state index contributed by atoms with van der Waals surface area (Å²) in [7, 11) is 7.08. The molecule has 74 heavy (non-hydrogen) atoms. The highest BCUT2D eigenvalue weighted by molar-refractivity contribution is 7.09. The zero-order valence-electron chi connectivity index (χ0n) is 45.5. The van der Waals surface area contributed by atoms with E-state index in [1.54, 1.807) is 72.3 Å². The molecule has 1 saturated carbocycles. The number of hydrogen-bond acceptors (Lipinski definition) is 23. The van der Waals surface area contributed by atoms with Gasteiger partial charge in [0.1, 0.15) is 30.3 Å². The summed E-state index contributed by atoms with van der Waals surface area (Å²) in [6, 6.07) is -0.569. The minimum Gasteiger partial charge on any atom is -0.465 e. The van der Waals surface area contributed by atoms with Crippen molar-refractivity contribution >= 4 is 29.1 Å². The first kappa shape index (κ1) is 73.8. The number of amides is 2. The first-order valence-corrected chi connectivity index (χ1v) is 26.0. The SMILES string of the molecule is CC(N)C(=O)N(C)C.CCOC(=O)C(C)N.CN1CCCC1CN.CNC(=O)C(C)N.NCC1CCCO1.OC1C=CCCC1.OC1CCCCC1.OCCn1cnnc1.OCc1nccs1.OCc1nn[nH]n1. The van der Waals surface area contributed by atoms with Gasteiger partial charge in [0, 0.05) is 65.0 Å². The van der Waals surface area contributed by atoms with E-state index in [0.29, 0.717) is 37.7 Å². The van der Waals surface area contributed by atoms with Gasteiger partial charge in [-0.2, -0.15) is 5.21 Å². The van der Waals surface area contributed by atoms with Crippen molar-refractivity contribution in [3.63, 3.8) is 0 Å². The number of nitrogens with zero attached hydrogens (tertiary/aromatic N) is 9. The fourth-order valence-electron chi connectivity index (χ4n) is 5.92. The number of carbonyl (C=O) groups is 3. The minimum absolute atomic E-state index is 0.0359. The summed E-state index contributed by atoms with van der Waals surface area (Å²) in [5, 5.41) is 67.1. The van der Waals surface area contributed by atoms with Crippen molar-refractivity contribution in [2.45, 2.75) is 167 Å². The summed E-state index contributed by atoms with van der Waals surface area (Å²) in [6.07, 6.45) is 23.1. The highest BCUT2D eigenvalue weighted by Gasteiger charge is 2.18. The maximum Gasteiger partial charge on any atom is 0.322 e. The molecule has 0 radical (unpaired) electrons. The van der Waals surface area contributed by atoms with Crippen molar-refractivity contribution in [2.75, 3.05) is 67.6 Å². The number of carbonyl (C=O) groups excluding carboxylic acids is 3. The van der Waals surface area contributed by atoms with Crippen LogP contribution in [0.5, 0.6) is 0 Å². The van der Waals surface area contributed by atoms with Crippen LogP contribution in [0.2, 0.25) is 0 Å². The third-order valence-corrected chi connectivity index (χ3v) is 10.9. The maximum absolute atomic E-state index is 10.6. The zero-order chi connectivity index (χ0) is 56.5. The summed E-state index contributed by atoms with van der Waals surface area (Å²) >= 11 is 1.46. The maximum atomic E-state index is 10.6. The fraction of sp³-hybridized carbons (Fsp3) is 0.766. The molecule has 17 N–H and O–H groups in total. The molecule has 2 amide bonds. The van der Waals surface area contributed by atoms with Gasteiger partial charge in [0.15, 0.2) is 5.82 Å². The van der Waals surface area contributed by atoms with Gasteiger partial charge in [0.25, 0.3) is 0 Å². The van der Waals surface area contributed by atoms with Gasteiger partial charge in [-0.15, -0.1) is 31.7 Å². The van der Waals surface area contributed by atoms with Gasteiger partial charge in [-0.25, -0.2) is 4.98 Å². The van der Waals surface area contributed by atoms with Crippen molar-refractivity contribution in [3.05, 3.63) is 47.2 Å². The largest absolute Gasteiger partial charge is 0.465 e. The fourth-order valence-corrected chi connectivity index (χ4v) is 6.40. The molecular weight excluding hydrogens is 981 g/mol. The molecule has 2 saturated heterocycles. The summed E-state index contributed by atoms with van der Waals surface area (Å²) in [6.45, 7) is 11.4. The van der Waals surface area contributed by atoms with Crippen molar-refractivity contribution in [2.24, 2.45) is 28.7 Å². The first-order chi connectivity index (χ1) is 35.3. The van der Waals surface area contributed by atoms with E-state index in [2.05, 4.69) is 57.8 Å². The Morgan fingerprint density at radius 1 is 0.905 bits per heavy atom. The third-order valence-electron chi connectivity index (χ3n) is 10.2. The van der Waals surface area contributed by atoms with Gasteiger partial charge < -0.3 is 83.4 Å². The van der Waals surface area contributed by atoms with Crippen LogP contribution in [-0.2, 0) is 43.6 Å². The second-order valence-electron chi connectivity index (χ2n) is 17.1. The highest BCUT2D eigenvalue weighted by Crippen LogP contribution is 2.16. The molecular formula is C47H96N16O10S.